The third-order valence-corrected chi connectivity index (χ3v) is 2.46. The van der Waals surface area contributed by atoms with Crippen molar-refractivity contribution in [2.45, 2.75) is 6.04 Å². The van der Waals surface area contributed by atoms with Gasteiger partial charge in [-0.3, -0.25) is 9.59 Å². The van der Waals surface area contributed by atoms with E-state index in [1.165, 1.54) is 0 Å². The molecule has 1 aliphatic rings. The molecule has 0 radical (unpaired) electrons. The van der Waals surface area contributed by atoms with Gasteiger partial charge < -0.3 is 15.4 Å². The van der Waals surface area contributed by atoms with Crippen LogP contribution < -0.4 is 10.6 Å². The van der Waals surface area contributed by atoms with Gasteiger partial charge >= 0.3 is 0 Å². The lowest BCUT2D eigenvalue weighted by atomic mass is 10.2. The van der Waals surface area contributed by atoms with Crippen molar-refractivity contribution >= 4 is 17.5 Å². The topological polar surface area (TPSA) is 67.4 Å². The van der Waals surface area contributed by atoms with Crippen molar-refractivity contribution in [3.8, 4) is 0 Å². The minimum absolute atomic E-state index is 0.0805. The molecule has 1 fully saturated rings. The van der Waals surface area contributed by atoms with E-state index in [1.807, 2.05) is 0 Å². The Morgan fingerprint density at radius 3 is 2.74 bits per heavy atom. The fraction of sp³-hybridized carbons (Fsp3) is 0.273. The van der Waals surface area contributed by atoms with Gasteiger partial charge in [-0.15, -0.1) is 0 Å². The molecule has 1 atom stereocenters. The Hall–Kier alpha value is -2.09. The smallest absolute Gasteiger partial charge is 0.249 e. The highest BCUT2D eigenvalue weighted by molar-refractivity contribution is 5.98. The van der Waals surface area contributed by atoms with Crippen LogP contribution in [0.5, 0.6) is 0 Å². The summed E-state index contributed by atoms with van der Waals surface area (Å²) < 4.78 is 43.8. The summed E-state index contributed by atoms with van der Waals surface area (Å²) in [5.74, 6) is -5.81. The fourth-order valence-electron chi connectivity index (χ4n) is 1.53. The molecular weight excluding hydrogens is 265 g/mol. The first-order valence-electron chi connectivity index (χ1n) is 5.30. The van der Waals surface area contributed by atoms with Crippen LogP contribution in [0.1, 0.15) is 0 Å². The van der Waals surface area contributed by atoms with Gasteiger partial charge in [0.05, 0.1) is 12.3 Å². The molecule has 2 amide bonds. The quantitative estimate of drug-likeness (QED) is 0.774. The number of ether oxygens (including phenoxy) is 1. The molecule has 0 aliphatic carbocycles. The Morgan fingerprint density at radius 2 is 2.05 bits per heavy atom. The van der Waals surface area contributed by atoms with Crippen LogP contribution >= 0.6 is 0 Å². The second-order valence-corrected chi connectivity index (χ2v) is 3.85. The number of rotatable bonds is 2. The van der Waals surface area contributed by atoms with Crippen LogP contribution in [0, 0.1) is 17.5 Å². The van der Waals surface area contributed by atoms with Crippen molar-refractivity contribution in [1.82, 2.24) is 5.32 Å². The monoisotopic (exact) mass is 274 g/mol. The molecule has 2 N–H and O–H groups in total. The number of hydrogen-bond acceptors (Lipinski definition) is 3. The number of amides is 2. The number of nitrogens with one attached hydrogen (secondary N) is 2. The fourth-order valence-corrected chi connectivity index (χ4v) is 1.53. The van der Waals surface area contributed by atoms with E-state index in [9.17, 15) is 22.8 Å². The maximum Gasteiger partial charge on any atom is 0.249 e. The average Bonchev–Trinajstić information content (AvgIpc) is 2.39. The van der Waals surface area contributed by atoms with E-state index in [-0.39, 0.29) is 13.2 Å². The minimum atomic E-state index is -1.68. The average molecular weight is 274 g/mol. The van der Waals surface area contributed by atoms with Gasteiger partial charge in [0.1, 0.15) is 12.6 Å². The summed E-state index contributed by atoms with van der Waals surface area (Å²) >= 11 is 0. The van der Waals surface area contributed by atoms with E-state index in [0.29, 0.717) is 6.07 Å². The van der Waals surface area contributed by atoms with Gasteiger partial charge in [0, 0.05) is 0 Å². The van der Waals surface area contributed by atoms with E-state index >= 15 is 0 Å². The molecule has 0 saturated carbocycles. The Balaban J connectivity index is 2.11. The molecule has 1 unspecified atom stereocenters. The lowest BCUT2D eigenvalue weighted by Gasteiger charge is -2.22. The summed E-state index contributed by atoms with van der Waals surface area (Å²) in [6, 6.07) is 0.565. The molecule has 19 heavy (non-hydrogen) atoms. The number of morpholine rings is 1. The second kappa shape index (κ2) is 5.27. The third-order valence-electron chi connectivity index (χ3n) is 2.46. The van der Waals surface area contributed by atoms with Crippen molar-refractivity contribution in [3.63, 3.8) is 0 Å². The van der Waals surface area contributed by atoms with Crippen LogP contribution in [0.3, 0.4) is 0 Å². The summed E-state index contributed by atoms with van der Waals surface area (Å²) in [6.07, 6.45) is 0. The molecule has 1 aromatic rings. The third kappa shape index (κ3) is 2.84. The first kappa shape index (κ1) is 13.3. The zero-order valence-electron chi connectivity index (χ0n) is 9.50. The number of anilines is 1. The van der Waals surface area contributed by atoms with Crippen LogP contribution in [-0.4, -0.2) is 31.1 Å². The van der Waals surface area contributed by atoms with E-state index < -0.39 is 41.0 Å². The molecule has 8 heteroatoms. The van der Waals surface area contributed by atoms with E-state index in [0.717, 1.165) is 6.07 Å². The van der Waals surface area contributed by atoms with Gasteiger partial charge in [0.25, 0.3) is 0 Å². The van der Waals surface area contributed by atoms with Crippen molar-refractivity contribution in [3.05, 3.63) is 29.6 Å². The maximum atomic E-state index is 13.3. The Morgan fingerprint density at radius 1 is 1.32 bits per heavy atom. The van der Waals surface area contributed by atoms with E-state index in [4.69, 9.17) is 4.74 Å². The molecule has 102 valence electrons. The lowest BCUT2D eigenvalue weighted by Crippen LogP contribution is -2.52. The van der Waals surface area contributed by atoms with Crippen molar-refractivity contribution in [2.75, 3.05) is 18.5 Å². The van der Waals surface area contributed by atoms with Crippen LogP contribution in [0.2, 0.25) is 0 Å². The molecule has 1 aliphatic heterocycles. The molecule has 1 aromatic carbocycles. The first-order chi connectivity index (χ1) is 8.99. The van der Waals surface area contributed by atoms with E-state index in [1.54, 1.807) is 0 Å². The summed E-state index contributed by atoms with van der Waals surface area (Å²) in [5, 5.41) is 4.37. The predicted molar refractivity (Wildman–Crippen MR) is 57.7 cm³/mol. The highest BCUT2D eigenvalue weighted by Gasteiger charge is 2.26. The van der Waals surface area contributed by atoms with Gasteiger partial charge in [0.15, 0.2) is 17.5 Å². The van der Waals surface area contributed by atoms with Crippen LogP contribution in [0.4, 0.5) is 18.9 Å². The van der Waals surface area contributed by atoms with Crippen LogP contribution in [-0.2, 0) is 14.3 Å². The number of carbonyl (C=O) groups excluding carboxylic acids is 2. The minimum Gasteiger partial charge on any atom is -0.369 e. The highest BCUT2D eigenvalue weighted by atomic mass is 19.2. The Labute approximate surface area is 105 Å². The molecule has 1 saturated heterocycles. The zero-order chi connectivity index (χ0) is 14.0. The molecule has 0 spiro atoms. The maximum absolute atomic E-state index is 13.3. The summed E-state index contributed by atoms with van der Waals surface area (Å²) in [7, 11) is 0. The van der Waals surface area contributed by atoms with Crippen molar-refractivity contribution in [1.29, 1.82) is 0 Å². The first-order valence-corrected chi connectivity index (χ1v) is 5.30. The molecule has 0 aromatic heterocycles. The van der Waals surface area contributed by atoms with Crippen LogP contribution in [0.15, 0.2) is 12.1 Å². The van der Waals surface area contributed by atoms with Gasteiger partial charge in [-0.25, -0.2) is 13.2 Å². The van der Waals surface area contributed by atoms with Crippen molar-refractivity contribution < 1.29 is 27.5 Å². The number of benzene rings is 1. The normalized spacial score (nSPS) is 18.9. The van der Waals surface area contributed by atoms with Gasteiger partial charge in [0.2, 0.25) is 11.8 Å². The predicted octanol–water partition coefficient (Wildman–Crippen LogP) is 0.557. The lowest BCUT2D eigenvalue weighted by molar-refractivity contribution is -0.136. The Kier molecular flexibility index (Phi) is 3.70. The number of hydrogen-bond donors (Lipinski definition) is 2. The number of carbonyl (C=O) groups is 2. The molecular formula is C11H9F3N2O3. The Bertz CT molecular complexity index is 536. The summed E-state index contributed by atoms with van der Waals surface area (Å²) in [4.78, 5) is 22.7. The molecule has 0 bridgehead atoms. The highest BCUT2D eigenvalue weighted by Crippen LogP contribution is 2.19. The standard InChI is InChI=1S/C11H9F3N2O3/c12-5-1-2-6(10(14)9(5)13)16-11(18)7-3-19-4-8(17)15-7/h1-2,7H,3-4H2,(H,15,17)(H,16,18). The van der Waals surface area contributed by atoms with E-state index in [2.05, 4.69) is 10.6 Å². The second-order valence-electron chi connectivity index (χ2n) is 3.85. The molecule has 5 nitrogen and oxygen atoms in total. The van der Waals surface area contributed by atoms with Gasteiger partial charge in [-0.1, -0.05) is 0 Å². The van der Waals surface area contributed by atoms with Gasteiger partial charge in [-0.2, -0.15) is 0 Å². The SMILES string of the molecule is O=C1COCC(C(=O)Nc2ccc(F)c(F)c2F)N1. The largest absolute Gasteiger partial charge is 0.369 e. The summed E-state index contributed by atoms with van der Waals surface area (Å²) in [5.41, 5.74) is -0.510. The zero-order valence-corrected chi connectivity index (χ0v) is 9.50. The molecule has 1 heterocycles. The van der Waals surface area contributed by atoms with Crippen LogP contribution in [0.25, 0.3) is 0 Å². The molecule has 2 rings (SSSR count). The summed E-state index contributed by atoms with van der Waals surface area (Å²) in [6.45, 7) is -0.244. The van der Waals surface area contributed by atoms with Crippen molar-refractivity contribution in [2.24, 2.45) is 0 Å². The van der Waals surface area contributed by atoms with Gasteiger partial charge in [-0.05, 0) is 12.1 Å². The number of halogens is 3.